The SMILES string of the molecule is O=C(OCC=CCc1ccccc1OCc1ccccc1)c1ccccc1. The number of para-hydroxylation sites is 1. The van der Waals surface area contributed by atoms with Crippen LogP contribution < -0.4 is 4.74 Å². The fraction of sp³-hybridized carbons (Fsp3) is 0.125. The van der Waals surface area contributed by atoms with E-state index in [-0.39, 0.29) is 12.6 Å². The summed E-state index contributed by atoms with van der Waals surface area (Å²) in [6.07, 6.45) is 4.56. The number of carbonyl (C=O) groups excluding carboxylic acids is 1. The molecule has 3 heteroatoms. The Hall–Kier alpha value is -3.33. The third-order valence-electron chi connectivity index (χ3n) is 4.03. The molecule has 136 valence electrons. The van der Waals surface area contributed by atoms with Crippen LogP contribution in [-0.4, -0.2) is 12.6 Å². The van der Waals surface area contributed by atoms with Gasteiger partial charge in [-0.1, -0.05) is 78.9 Å². The molecule has 0 aliphatic rings. The number of ether oxygens (including phenoxy) is 2. The highest BCUT2D eigenvalue weighted by Gasteiger charge is 2.04. The molecule has 0 bridgehead atoms. The van der Waals surface area contributed by atoms with Gasteiger partial charge in [-0.3, -0.25) is 0 Å². The van der Waals surface area contributed by atoms with Crippen molar-refractivity contribution in [3.05, 3.63) is 114 Å². The first kappa shape index (κ1) is 18.5. The minimum atomic E-state index is -0.313. The highest BCUT2D eigenvalue weighted by Crippen LogP contribution is 2.20. The Morgan fingerprint density at radius 2 is 1.44 bits per heavy atom. The van der Waals surface area contributed by atoms with Crippen molar-refractivity contribution in [1.82, 2.24) is 0 Å². The van der Waals surface area contributed by atoms with E-state index in [1.165, 1.54) is 0 Å². The second-order valence-corrected chi connectivity index (χ2v) is 6.02. The van der Waals surface area contributed by atoms with Crippen LogP contribution in [0.25, 0.3) is 0 Å². The molecule has 0 saturated heterocycles. The van der Waals surface area contributed by atoms with E-state index in [4.69, 9.17) is 9.47 Å². The Morgan fingerprint density at radius 3 is 2.22 bits per heavy atom. The lowest BCUT2D eigenvalue weighted by molar-refractivity contribution is 0.0549. The van der Waals surface area contributed by atoms with Crippen LogP contribution >= 0.6 is 0 Å². The molecule has 0 aliphatic heterocycles. The molecule has 0 saturated carbocycles. The number of benzene rings is 3. The van der Waals surface area contributed by atoms with Gasteiger partial charge in [0.2, 0.25) is 0 Å². The quantitative estimate of drug-likeness (QED) is 0.409. The number of esters is 1. The van der Waals surface area contributed by atoms with Crippen molar-refractivity contribution in [1.29, 1.82) is 0 Å². The maximum Gasteiger partial charge on any atom is 0.338 e. The molecule has 0 atom stereocenters. The zero-order chi connectivity index (χ0) is 18.7. The van der Waals surface area contributed by atoms with E-state index in [9.17, 15) is 4.79 Å². The monoisotopic (exact) mass is 358 g/mol. The van der Waals surface area contributed by atoms with Gasteiger partial charge in [-0.15, -0.1) is 0 Å². The molecule has 0 heterocycles. The van der Waals surface area contributed by atoms with Gasteiger partial charge in [0, 0.05) is 0 Å². The molecule has 0 fully saturated rings. The van der Waals surface area contributed by atoms with Crippen LogP contribution in [0.5, 0.6) is 5.75 Å². The molecule has 0 unspecified atom stereocenters. The van der Waals surface area contributed by atoms with Gasteiger partial charge in [-0.2, -0.15) is 0 Å². The number of hydrogen-bond acceptors (Lipinski definition) is 3. The van der Waals surface area contributed by atoms with Gasteiger partial charge in [0.1, 0.15) is 19.0 Å². The summed E-state index contributed by atoms with van der Waals surface area (Å²) in [4.78, 5) is 11.9. The normalized spacial score (nSPS) is 10.7. The van der Waals surface area contributed by atoms with Crippen LogP contribution in [0.15, 0.2) is 97.1 Å². The summed E-state index contributed by atoms with van der Waals surface area (Å²) in [6, 6.07) is 27.1. The van der Waals surface area contributed by atoms with Crippen LogP contribution in [0.3, 0.4) is 0 Å². The largest absolute Gasteiger partial charge is 0.489 e. The second kappa shape index (κ2) is 9.97. The molecule has 3 aromatic rings. The molecular weight excluding hydrogens is 336 g/mol. The Balaban J connectivity index is 1.49. The zero-order valence-electron chi connectivity index (χ0n) is 15.1. The third-order valence-corrected chi connectivity index (χ3v) is 4.03. The van der Waals surface area contributed by atoms with E-state index in [0.717, 1.165) is 16.9 Å². The fourth-order valence-electron chi connectivity index (χ4n) is 2.61. The lowest BCUT2D eigenvalue weighted by Crippen LogP contribution is -2.04. The van der Waals surface area contributed by atoms with Gasteiger partial charge < -0.3 is 9.47 Å². The highest BCUT2D eigenvalue weighted by atomic mass is 16.5. The average Bonchev–Trinajstić information content (AvgIpc) is 2.74. The van der Waals surface area contributed by atoms with E-state index < -0.39 is 0 Å². The molecule has 27 heavy (non-hydrogen) atoms. The topological polar surface area (TPSA) is 35.5 Å². The van der Waals surface area contributed by atoms with Crippen molar-refractivity contribution in [3.63, 3.8) is 0 Å². The summed E-state index contributed by atoms with van der Waals surface area (Å²) in [5.74, 6) is 0.555. The molecule has 0 radical (unpaired) electrons. The van der Waals surface area contributed by atoms with Gasteiger partial charge in [0.15, 0.2) is 0 Å². The molecule has 3 aromatic carbocycles. The third kappa shape index (κ3) is 5.86. The second-order valence-electron chi connectivity index (χ2n) is 6.02. The molecular formula is C24H22O3. The summed E-state index contributed by atoms with van der Waals surface area (Å²) in [7, 11) is 0. The van der Waals surface area contributed by atoms with Crippen molar-refractivity contribution in [2.45, 2.75) is 13.0 Å². The first-order valence-electron chi connectivity index (χ1n) is 8.95. The van der Waals surface area contributed by atoms with E-state index in [1.807, 2.05) is 84.9 Å². The van der Waals surface area contributed by atoms with Crippen LogP contribution in [0.4, 0.5) is 0 Å². The lowest BCUT2D eigenvalue weighted by atomic mass is 10.1. The Labute approximate surface area is 159 Å². The number of rotatable bonds is 8. The smallest absolute Gasteiger partial charge is 0.338 e. The molecule has 0 aliphatic carbocycles. The van der Waals surface area contributed by atoms with E-state index >= 15 is 0 Å². The average molecular weight is 358 g/mol. The number of carbonyl (C=O) groups is 1. The maximum atomic E-state index is 11.9. The van der Waals surface area contributed by atoms with Gasteiger partial charge >= 0.3 is 5.97 Å². The molecule has 0 aromatic heterocycles. The van der Waals surface area contributed by atoms with Gasteiger partial charge in [-0.25, -0.2) is 4.79 Å². The highest BCUT2D eigenvalue weighted by molar-refractivity contribution is 5.89. The number of hydrogen-bond donors (Lipinski definition) is 0. The minimum absolute atomic E-state index is 0.251. The van der Waals surface area contributed by atoms with Gasteiger partial charge in [0.25, 0.3) is 0 Å². The van der Waals surface area contributed by atoms with Crippen molar-refractivity contribution >= 4 is 5.97 Å². The Morgan fingerprint density at radius 1 is 0.778 bits per heavy atom. The molecule has 3 nitrogen and oxygen atoms in total. The predicted octanol–water partition coefficient (Wildman–Crippen LogP) is 5.22. The first-order valence-corrected chi connectivity index (χ1v) is 8.95. The molecule has 0 N–H and O–H groups in total. The molecule has 3 rings (SSSR count). The Bertz CT molecular complexity index is 870. The summed E-state index contributed by atoms with van der Waals surface area (Å²) in [5, 5.41) is 0. The minimum Gasteiger partial charge on any atom is -0.489 e. The van der Waals surface area contributed by atoms with E-state index in [1.54, 1.807) is 12.1 Å². The van der Waals surface area contributed by atoms with E-state index in [0.29, 0.717) is 18.6 Å². The van der Waals surface area contributed by atoms with Crippen LogP contribution in [-0.2, 0) is 17.8 Å². The zero-order valence-corrected chi connectivity index (χ0v) is 15.1. The predicted molar refractivity (Wildman–Crippen MR) is 107 cm³/mol. The maximum absolute atomic E-state index is 11.9. The summed E-state index contributed by atoms with van der Waals surface area (Å²) < 4.78 is 11.2. The van der Waals surface area contributed by atoms with Crippen molar-refractivity contribution in [3.8, 4) is 5.75 Å². The molecule has 0 amide bonds. The van der Waals surface area contributed by atoms with Crippen LogP contribution in [0, 0.1) is 0 Å². The van der Waals surface area contributed by atoms with Crippen LogP contribution in [0.2, 0.25) is 0 Å². The Kier molecular flexibility index (Phi) is 6.82. The summed E-state index contributed by atoms with van der Waals surface area (Å²) >= 11 is 0. The van der Waals surface area contributed by atoms with Crippen molar-refractivity contribution in [2.24, 2.45) is 0 Å². The summed E-state index contributed by atoms with van der Waals surface area (Å²) in [6.45, 7) is 0.789. The first-order chi connectivity index (χ1) is 13.3. The van der Waals surface area contributed by atoms with Crippen molar-refractivity contribution in [2.75, 3.05) is 6.61 Å². The van der Waals surface area contributed by atoms with E-state index in [2.05, 4.69) is 0 Å². The lowest BCUT2D eigenvalue weighted by Gasteiger charge is -2.10. The van der Waals surface area contributed by atoms with Gasteiger partial charge in [-0.05, 0) is 35.7 Å². The molecule has 0 spiro atoms. The standard InChI is InChI=1S/C24H22O3/c25-24(22-15-5-2-6-16-22)26-18-10-9-14-21-13-7-8-17-23(21)27-19-20-11-3-1-4-12-20/h1-13,15-17H,14,18-19H2. The summed E-state index contributed by atoms with van der Waals surface area (Å²) in [5.41, 5.74) is 2.79. The van der Waals surface area contributed by atoms with Gasteiger partial charge in [0.05, 0.1) is 5.56 Å². The number of allylic oxidation sites excluding steroid dienone is 1. The van der Waals surface area contributed by atoms with Crippen molar-refractivity contribution < 1.29 is 14.3 Å². The fourth-order valence-corrected chi connectivity index (χ4v) is 2.61. The van der Waals surface area contributed by atoms with Crippen LogP contribution in [0.1, 0.15) is 21.5 Å².